The second kappa shape index (κ2) is 4.61. The van der Waals surface area contributed by atoms with Gasteiger partial charge in [-0.25, -0.2) is 0 Å². The molecule has 0 saturated heterocycles. The summed E-state index contributed by atoms with van der Waals surface area (Å²) in [6, 6.07) is 0.496. The van der Waals surface area contributed by atoms with Crippen molar-refractivity contribution in [2.24, 2.45) is 0 Å². The Morgan fingerprint density at radius 1 is 1.33 bits per heavy atom. The lowest BCUT2D eigenvalue weighted by molar-refractivity contribution is 0.443. The molecule has 1 heterocycles. The van der Waals surface area contributed by atoms with E-state index in [2.05, 4.69) is 20.3 Å². The van der Waals surface area contributed by atoms with Gasteiger partial charge in [0.2, 0.25) is 11.9 Å². The van der Waals surface area contributed by atoms with Crippen molar-refractivity contribution in [1.82, 2.24) is 15.0 Å². The minimum Gasteiger partial charge on any atom is -0.368 e. The normalized spacial score (nSPS) is 16.1. The molecule has 1 aliphatic rings. The lowest BCUT2D eigenvalue weighted by Gasteiger charge is -2.26. The van der Waals surface area contributed by atoms with Gasteiger partial charge in [-0.15, -0.1) is 11.6 Å². The van der Waals surface area contributed by atoms with Gasteiger partial charge in [-0.2, -0.15) is 15.0 Å². The van der Waals surface area contributed by atoms with Crippen LogP contribution in [-0.4, -0.2) is 26.9 Å². The van der Waals surface area contributed by atoms with Gasteiger partial charge in [-0.1, -0.05) is 0 Å². The molecule has 6 heteroatoms. The number of nitrogens with zero attached hydrogens (tertiary/aromatic N) is 3. The number of aryl methyl sites for hydroxylation is 1. The van der Waals surface area contributed by atoms with Crippen molar-refractivity contribution in [3.8, 4) is 0 Å². The van der Waals surface area contributed by atoms with Crippen LogP contribution >= 0.6 is 11.6 Å². The minimum atomic E-state index is 0.256. The van der Waals surface area contributed by atoms with Crippen LogP contribution in [0.15, 0.2) is 0 Å². The molecule has 15 heavy (non-hydrogen) atoms. The molecule has 0 amide bonds. The predicted molar refractivity (Wildman–Crippen MR) is 59.9 cm³/mol. The number of nitrogens with two attached hydrogens (primary N) is 1. The Morgan fingerprint density at radius 3 is 2.73 bits per heavy atom. The topological polar surface area (TPSA) is 76.7 Å². The molecule has 0 aromatic carbocycles. The molecule has 3 N–H and O–H groups in total. The molecule has 5 nitrogen and oxygen atoms in total. The fourth-order valence-electron chi connectivity index (χ4n) is 1.43. The summed E-state index contributed by atoms with van der Waals surface area (Å²) in [5.41, 5.74) is 5.58. The first-order chi connectivity index (χ1) is 7.28. The van der Waals surface area contributed by atoms with Gasteiger partial charge < -0.3 is 11.1 Å². The van der Waals surface area contributed by atoms with Gasteiger partial charge in [0, 0.05) is 18.3 Å². The molecule has 82 valence electrons. The largest absolute Gasteiger partial charge is 0.368 e. The Hall–Kier alpha value is -1.10. The third kappa shape index (κ3) is 2.68. The molecule has 0 atom stereocenters. The lowest BCUT2D eigenvalue weighted by atomic mass is 9.93. The van der Waals surface area contributed by atoms with Gasteiger partial charge in [0.25, 0.3) is 0 Å². The van der Waals surface area contributed by atoms with E-state index in [0.29, 0.717) is 30.1 Å². The Balaban J connectivity index is 2.07. The third-order valence-corrected chi connectivity index (χ3v) is 2.64. The second-order valence-corrected chi connectivity index (χ2v) is 4.02. The summed E-state index contributed by atoms with van der Waals surface area (Å²) >= 11 is 5.62. The maximum absolute atomic E-state index is 5.62. The number of rotatable bonds is 4. The standard InChI is InChI=1S/C9H14ClN5/c10-5-4-7-13-8(11)15-9(14-7)12-6-2-1-3-6/h6H,1-5H2,(H3,11,12,13,14,15). The van der Waals surface area contributed by atoms with Crippen molar-refractivity contribution in [2.45, 2.75) is 31.7 Å². The summed E-state index contributed by atoms with van der Waals surface area (Å²) in [6.45, 7) is 0. The van der Waals surface area contributed by atoms with E-state index in [9.17, 15) is 0 Å². The summed E-state index contributed by atoms with van der Waals surface area (Å²) in [5.74, 6) is 1.98. The van der Waals surface area contributed by atoms with E-state index in [1.165, 1.54) is 19.3 Å². The van der Waals surface area contributed by atoms with Crippen LogP contribution in [0.1, 0.15) is 25.1 Å². The van der Waals surface area contributed by atoms with Crippen LogP contribution in [0.2, 0.25) is 0 Å². The summed E-state index contributed by atoms with van der Waals surface area (Å²) < 4.78 is 0. The molecule has 1 saturated carbocycles. The smallest absolute Gasteiger partial charge is 0.227 e. The first kappa shape index (κ1) is 10.4. The molecule has 1 aromatic rings. The zero-order valence-electron chi connectivity index (χ0n) is 8.41. The number of hydrogen-bond donors (Lipinski definition) is 2. The Morgan fingerprint density at radius 2 is 2.13 bits per heavy atom. The zero-order chi connectivity index (χ0) is 10.7. The van der Waals surface area contributed by atoms with Crippen LogP contribution in [0.4, 0.5) is 11.9 Å². The number of hydrogen-bond acceptors (Lipinski definition) is 5. The molecule has 0 spiro atoms. The Bertz CT molecular complexity index is 339. The summed E-state index contributed by atoms with van der Waals surface area (Å²) in [6.07, 6.45) is 4.24. The third-order valence-electron chi connectivity index (χ3n) is 2.46. The van der Waals surface area contributed by atoms with Crippen LogP contribution in [0.3, 0.4) is 0 Å². The van der Waals surface area contributed by atoms with E-state index in [0.717, 1.165) is 0 Å². The lowest BCUT2D eigenvalue weighted by Crippen LogP contribution is -2.28. The predicted octanol–water partition coefficient (Wildman–Crippen LogP) is 1.20. The average Bonchev–Trinajstić information content (AvgIpc) is 2.11. The molecule has 1 aromatic heterocycles. The molecule has 0 radical (unpaired) electrons. The van der Waals surface area contributed by atoms with Gasteiger partial charge in [-0.05, 0) is 19.3 Å². The van der Waals surface area contributed by atoms with Crippen LogP contribution in [0.25, 0.3) is 0 Å². The number of halogens is 1. The quantitative estimate of drug-likeness (QED) is 0.756. The molecular formula is C9H14ClN5. The monoisotopic (exact) mass is 227 g/mol. The van der Waals surface area contributed by atoms with Crippen molar-refractivity contribution in [1.29, 1.82) is 0 Å². The van der Waals surface area contributed by atoms with E-state index >= 15 is 0 Å². The van der Waals surface area contributed by atoms with Gasteiger partial charge in [0.15, 0.2) is 0 Å². The van der Waals surface area contributed by atoms with Crippen LogP contribution < -0.4 is 11.1 Å². The van der Waals surface area contributed by atoms with Crippen LogP contribution in [0, 0.1) is 0 Å². The molecule has 1 fully saturated rings. The second-order valence-electron chi connectivity index (χ2n) is 3.64. The van der Waals surface area contributed by atoms with E-state index in [4.69, 9.17) is 17.3 Å². The number of aromatic nitrogens is 3. The number of anilines is 2. The molecule has 0 unspecified atom stereocenters. The Labute approximate surface area is 93.5 Å². The summed E-state index contributed by atoms with van der Waals surface area (Å²) in [7, 11) is 0. The van der Waals surface area contributed by atoms with Crippen molar-refractivity contribution in [3.63, 3.8) is 0 Å². The van der Waals surface area contributed by atoms with E-state index in [-0.39, 0.29) is 5.95 Å². The first-order valence-corrected chi connectivity index (χ1v) is 5.64. The highest BCUT2D eigenvalue weighted by Crippen LogP contribution is 2.21. The molecule has 2 rings (SSSR count). The highest BCUT2D eigenvalue weighted by Gasteiger charge is 2.18. The molecule has 0 aliphatic heterocycles. The van der Waals surface area contributed by atoms with E-state index in [1.54, 1.807) is 0 Å². The molecule has 1 aliphatic carbocycles. The fourth-order valence-corrected chi connectivity index (χ4v) is 1.60. The van der Waals surface area contributed by atoms with Crippen molar-refractivity contribution in [3.05, 3.63) is 5.82 Å². The SMILES string of the molecule is Nc1nc(CCCl)nc(NC2CCC2)n1. The van der Waals surface area contributed by atoms with Crippen molar-refractivity contribution in [2.75, 3.05) is 16.9 Å². The Kier molecular flexibility index (Phi) is 3.20. The summed E-state index contributed by atoms with van der Waals surface area (Å²) in [5, 5.41) is 3.23. The number of nitrogens with one attached hydrogen (secondary N) is 1. The molecular weight excluding hydrogens is 214 g/mol. The van der Waals surface area contributed by atoms with Gasteiger partial charge in [0.1, 0.15) is 5.82 Å². The average molecular weight is 228 g/mol. The van der Waals surface area contributed by atoms with Gasteiger partial charge >= 0.3 is 0 Å². The van der Waals surface area contributed by atoms with E-state index in [1.807, 2.05) is 0 Å². The molecule has 0 bridgehead atoms. The highest BCUT2D eigenvalue weighted by molar-refractivity contribution is 6.17. The first-order valence-electron chi connectivity index (χ1n) is 5.11. The van der Waals surface area contributed by atoms with Crippen molar-refractivity contribution < 1.29 is 0 Å². The van der Waals surface area contributed by atoms with Crippen LogP contribution in [-0.2, 0) is 6.42 Å². The van der Waals surface area contributed by atoms with Gasteiger partial charge in [0.05, 0.1) is 0 Å². The van der Waals surface area contributed by atoms with Crippen LogP contribution in [0.5, 0.6) is 0 Å². The zero-order valence-corrected chi connectivity index (χ0v) is 9.17. The highest BCUT2D eigenvalue weighted by atomic mass is 35.5. The minimum absolute atomic E-state index is 0.256. The number of alkyl halides is 1. The number of nitrogen functional groups attached to an aromatic ring is 1. The van der Waals surface area contributed by atoms with Gasteiger partial charge in [-0.3, -0.25) is 0 Å². The fraction of sp³-hybridized carbons (Fsp3) is 0.667. The maximum atomic E-state index is 5.62. The summed E-state index contributed by atoms with van der Waals surface area (Å²) in [4.78, 5) is 12.3. The van der Waals surface area contributed by atoms with E-state index < -0.39 is 0 Å². The van der Waals surface area contributed by atoms with Crippen molar-refractivity contribution >= 4 is 23.5 Å². The maximum Gasteiger partial charge on any atom is 0.227 e.